The first-order valence-corrected chi connectivity index (χ1v) is 16.9. The van der Waals surface area contributed by atoms with Crippen molar-refractivity contribution in [3.05, 3.63) is 41.0 Å². The Morgan fingerprint density at radius 1 is 1.04 bits per heavy atom. The molecule has 1 saturated heterocycles. The maximum atomic E-state index is 13.9. The van der Waals surface area contributed by atoms with E-state index < -0.39 is 41.2 Å². The van der Waals surface area contributed by atoms with Crippen molar-refractivity contribution in [3.8, 4) is 10.4 Å². The molecular formula is C34H51N5O6S. The lowest BCUT2D eigenvalue weighted by atomic mass is 9.85. The monoisotopic (exact) mass is 657 g/mol. The molecule has 46 heavy (non-hydrogen) atoms. The number of hydrogen-bond donors (Lipinski definition) is 4. The van der Waals surface area contributed by atoms with Crippen LogP contribution in [0.2, 0.25) is 0 Å². The third-order valence-electron chi connectivity index (χ3n) is 7.81. The van der Waals surface area contributed by atoms with Gasteiger partial charge in [0, 0.05) is 25.9 Å². The molecule has 4 atom stereocenters. The van der Waals surface area contributed by atoms with Crippen LogP contribution < -0.4 is 16.0 Å². The number of aromatic nitrogens is 1. The lowest BCUT2D eigenvalue weighted by molar-refractivity contribution is -0.144. The van der Waals surface area contributed by atoms with Gasteiger partial charge in [-0.05, 0) is 64.0 Å². The molecule has 3 rings (SSSR count). The molecule has 12 heteroatoms. The Labute approximate surface area is 276 Å². The van der Waals surface area contributed by atoms with Crippen molar-refractivity contribution in [2.75, 3.05) is 13.1 Å². The summed E-state index contributed by atoms with van der Waals surface area (Å²) in [5.74, 6) is -1.01. The summed E-state index contributed by atoms with van der Waals surface area (Å²) >= 11 is 1.58. The highest BCUT2D eigenvalue weighted by molar-refractivity contribution is 7.13. The van der Waals surface area contributed by atoms with Gasteiger partial charge >= 0.3 is 6.09 Å². The van der Waals surface area contributed by atoms with E-state index in [-0.39, 0.29) is 37.2 Å². The molecule has 4 amide bonds. The SMILES string of the molecule is Cc1ncsc1-c1ccc(C(C)NC(=O)[C@@H]2C[C@@H](O)CN2C(=O)C(NC(=O)CCCCCNC(=O)OC(C)(C)C)C(C)(C)C)cc1. The minimum absolute atomic E-state index is 0.0152. The van der Waals surface area contributed by atoms with Crippen molar-refractivity contribution in [1.82, 2.24) is 25.8 Å². The Balaban J connectivity index is 1.55. The van der Waals surface area contributed by atoms with Crippen LogP contribution in [0.3, 0.4) is 0 Å². The van der Waals surface area contributed by atoms with E-state index in [1.807, 2.05) is 64.4 Å². The number of ether oxygens (including phenoxy) is 1. The number of hydrogen-bond acceptors (Lipinski definition) is 8. The first-order chi connectivity index (χ1) is 21.5. The molecule has 0 spiro atoms. The third-order valence-corrected chi connectivity index (χ3v) is 8.79. The van der Waals surface area contributed by atoms with Crippen LogP contribution in [0.15, 0.2) is 29.8 Å². The number of alkyl carbamates (subject to hydrolysis) is 1. The Kier molecular flexibility index (Phi) is 12.7. The third kappa shape index (κ3) is 10.8. The summed E-state index contributed by atoms with van der Waals surface area (Å²) in [6.07, 6.45) is 1.01. The smallest absolute Gasteiger partial charge is 0.407 e. The molecule has 0 radical (unpaired) electrons. The molecule has 2 heterocycles. The number of nitrogens with zero attached hydrogens (tertiary/aromatic N) is 2. The first-order valence-electron chi connectivity index (χ1n) is 16.0. The number of benzene rings is 1. The number of aliphatic hydroxyl groups excluding tert-OH is 1. The quantitative estimate of drug-likeness (QED) is 0.238. The minimum Gasteiger partial charge on any atom is -0.444 e. The summed E-state index contributed by atoms with van der Waals surface area (Å²) in [4.78, 5) is 58.8. The standard InChI is InChI=1S/C34H51N5O6S/c1-21(23-13-15-24(16-14-23)28-22(2)36-20-46-28)37-30(42)26-18-25(40)19-39(26)31(43)29(33(3,4)5)38-27(41)12-10-9-11-17-35-32(44)45-34(6,7)8/h13-16,20-21,25-26,29,40H,9-12,17-19H2,1-8H3,(H,35,44)(H,37,42)(H,38,41)/t21?,25-,26+,29?/m1/s1. The van der Waals surface area contributed by atoms with Gasteiger partial charge in [-0.15, -0.1) is 11.3 Å². The highest BCUT2D eigenvalue weighted by Crippen LogP contribution is 2.29. The van der Waals surface area contributed by atoms with E-state index in [1.54, 1.807) is 32.1 Å². The second-order valence-corrected chi connectivity index (χ2v) is 15.0. The van der Waals surface area contributed by atoms with Gasteiger partial charge < -0.3 is 30.7 Å². The molecule has 254 valence electrons. The predicted molar refractivity (Wildman–Crippen MR) is 179 cm³/mol. The number of carbonyl (C=O) groups excluding carboxylic acids is 4. The van der Waals surface area contributed by atoms with E-state index in [0.717, 1.165) is 21.7 Å². The fourth-order valence-electron chi connectivity index (χ4n) is 5.34. The van der Waals surface area contributed by atoms with Crippen LogP contribution >= 0.6 is 11.3 Å². The van der Waals surface area contributed by atoms with E-state index >= 15 is 0 Å². The highest BCUT2D eigenvalue weighted by atomic mass is 32.1. The fourth-order valence-corrected chi connectivity index (χ4v) is 6.15. The number of likely N-dealkylation sites (tertiary alicyclic amines) is 1. The molecule has 1 aromatic heterocycles. The molecule has 1 aliphatic rings. The molecule has 0 bridgehead atoms. The molecule has 4 N–H and O–H groups in total. The number of β-amino-alcohol motifs (C(OH)–C–C–N with tert-alkyl or cyclic N) is 1. The van der Waals surface area contributed by atoms with Gasteiger partial charge in [-0.25, -0.2) is 9.78 Å². The van der Waals surface area contributed by atoms with E-state index in [0.29, 0.717) is 25.8 Å². The summed E-state index contributed by atoms with van der Waals surface area (Å²) in [6.45, 7) is 15.3. The van der Waals surface area contributed by atoms with Crippen LogP contribution in [0.5, 0.6) is 0 Å². The Morgan fingerprint density at radius 2 is 1.72 bits per heavy atom. The van der Waals surface area contributed by atoms with Gasteiger partial charge in [0.2, 0.25) is 17.7 Å². The molecule has 2 aromatic rings. The molecule has 2 unspecified atom stereocenters. The lowest BCUT2D eigenvalue weighted by Gasteiger charge is -2.35. The zero-order chi connectivity index (χ0) is 34.2. The Morgan fingerprint density at radius 3 is 2.30 bits per heavy atom. The normalized spacial score (nSPS) is 18.1. The minimum atomic E-state index is -0.880. The lowest BCUT2D eigenvalue weighted by Crippen LogP contribution is -2.57. The average Bonchev–Trinajstić information content (AvgIpc) is 3.57. The second-order valence-electron chi connectivity index (χ2n) is 14.1. The van der Waals surface area contributed by atoms with Crippen LogP contribution in [0.1, 0.15) is 97.9 Å². The molecular weight excluding hydrogens is 606 g/mol. The maximum Gasteiger partial charge on any atom is 0.407 e. The van der Waals surface area contributed by atoms with Crippen LogP contribution in [-0.2, 0) is 19.1 Å². The number of unbranched alkanes of at least 4 members (excludes halogenated alkanes) is 2. The van der Waals surface area contributed by atoms with Gasteiger partial charge in [0.25, 0.3) is 0 Å². The van der Waals surface area contributed by atoms with Gasteiger partial charge in [-0.3, -0.25) is 14.4 Å². The number of nitrogens with one attached hydrogen (secondary N) is 3. The first kappa shape index (κ1) is 37.0. The van der Waals surface area contributed by atoms with Crippen LogP contribution in [-0.4, -0.2) is 75.7 Å². The molecule has 1 fully saturated rings. The number of carbonyl (C=O) groups is 4. The summed E-state index contributed by atoms with van der Waals surface area (Å²) in [6, 6.07) is 5.88. The molecule has 11 nitrogen and oxygen atoms in total. The van der Waals surface area contributed by atoms with Crippen molar-refractivity contribution < 1.29 is 29.0 Å². The van der Waals surface area contributed by atoms with Crippen LogP contribution in [0, 0.1) is 12.3 Å². The number of amides is 4. The number of aliphatic hydroxyl groups is 1. The van der Waals surface area contributed by atoms with Gasteiger partial charge in [-0.2, -0.15) is 0 Å². The predicted octanol–water partition coefficient (Wildman–Crippen LogP) is 4.87. The van der Waals surface area contributed by atoms with E-state index in [9.17, 15) is 24.3 Å². The summed E-state index contributed by atoms with van der Waals surface area (Å²) in [7, 11) is 0. The van der Waals surface area contributed by atoms with Gasteiger partial charge in [-0.1, -0.05) is 51.5 Å². The fraction of sp³-hybridized carbons (Fsp3) is 0.618. The Hall–Kier alpha value is -3.51. The van der Waals surface area contributed by atoms with Crippen molar-refractivity contribution in [3.63, 3.8) is 0 Å². The van der Waals surface area contributed by atoms with Crippen LogP contribution in [0.25, 0.3) is 10.4 Å². The second kappa shape index (κ2) is 15.9. The number of rotatable bonds is 12. The average molecular weight is 658 g/mol. The topological polar surface area (TPSA) is 150 Å². The van der Waals surface area contributed by atoms with E-state index in [2.05, 4.69) is 20.9 Å². The van der Waals surface area contributed by atoms with Gasteiger partial charge in [0.15, 0.2) is 0 Å². The van der Waals surface area contributed by atoms with E-state index in [4.69, 9.17) is 4.74 Å². The van der Waals surface area contributed by atoms with Gasteiger partial charge in [0.1, 0.15) is 17.7 Å². The summed E-state index contributed by atoms with van der Waals surface area (Å²) in [5.41, 5.74) is 3.56. The summed E-state index contributed by atoms with van der Waals surface area (Å²) in [5, 5.41) is 19.1. The van der Waals surface area contributed by atoms with E-state index in [1.165, 1.54) is 4.90 Å². The number of aryl methyl sites for hydroxylation is 1. The molecule has 0 saturated carbocycles. The van der Waals surface area contributed by atoms with Crippen molar-refractivity contribution in [1.29, 1.82) is 0 Å². The van der Waals surface area contributed by atoms with Crippen LogP contribution in [0.4, 0.5) is 4.79 Å². The Bertz CT molecular complexity index is 1350. The highest BCUT2D eigenvalue weighted by Gasteiger charge is 2.44. The summed E-state index contributed by atoms with van der Waals surface area (Å²) < 4.78 is 5.22. The zero-order valence-corrected chi connectivity index (χ0v) is 29.3. The number of thiazole rings is 1. The van der Waals surface area contributed by atoms with Crippen molar-refractivity contribution in [2.24, 2.45) is 5.41 Å². The molecule has 1 aliphatic heterocycles. The molecule has 0 aliphatic carbocycles. The maximum absolute atomic E-state index is 13.9. The van der Waals surface area contributed by atoms with Crippen molar-refractivity contribution >= 4 is 35.2 Å². The zero-order valence-electron chi connectivity index (χ0n) is 28.4. The van der Waals surface area contributed by atoms with Crippen molar-refractivity contribution in [2.45, 2.75) is 117 Å². The van der Waals surface area contributed by atoms with Gasteiger partial charge in [0.05, 0.1) is 28.2 Å². The largest absolute Gasteiger partial charge is 0.444 e. The molecule has 1 aromatic carbocycles.